The van der Waals surface area contributed by atoms with Crippen LogP contribution in [0.1, 0.15) is 25.0 Å². The maximum Gasteiger partial charge on any atom is 0.115 e. The topological polar surface area (TPSA) is 46.2 Å². The number of hydrogen-bond acceptors (Lipinski definition) is 5. The van der Waals surface area contributed by atoms with Crippen molar-refractivity contribution in [1.29, 1.82) is 0 Å². The lowest BCUT2D eigenvalue weighted by molar-refractivity contribution is -0.246. The van der Waals surface area contributed by atoms with Crippen LogP contribution in [0.5, 0.6) is 0 Å². The van der Waals surface area contributed by atoms with E-state index in [1.54, 1.807) is 0 Å². The third kappa shape index (κ3) is 8.33. The van der Waals surface area contributed by atoms with Gasteiger partial charge < -0.3 is 23.7 Å². The Hall–Kier alpha value is -3.32. The summed E-state index contributed by atoms with van der Waals surface area (Å²) in [5, 5.41) is 0. The van der Waals surface area contributed by atoms with Crippen LogP contribution in [0.15, 0.2) is 121 Å². The van der Waals surface area contributed by atoms with E-state index in [-0.39, 0.29) is 19.8 Å². The first-order valence-corrected chi connectivity index (χ1v) is 13.3. The molecule has 1 heterocycles. The van der Waals surface area contributed by atoms with Gasteiger partial charge in [0.25, 0.3) is 0 Å². The molecule has 0 aliphatic carbocycles. The van der Waals surface area contributed by atoms with Crippen molar-refractivity contribution in [2.24, 2.45) is 0 Å². The molecule has 0 bridgehead atoms. The molecule has 1 fully saturated rings. The molecule has 0 aromatic heterocycles. The lowest BCUT2D eigenvalue weighted by atomic mass is 9.99. The van der Waals surface area contributed by atoms with Crippen LogP contribution in [0.2, 0.25) is 0 Å². The quantitative estimate of drug-likeness (QED) is 0.203. The molecule has 0 unspecified atom stereocenters. The van der Waals surface area contributed by atoms with Gasteiger partial charge in [-0.25, -0.2) is 0 Å². The summed E-state index contributed by atoms with van der Waals surface area (Å²) in [7, 11) is 0. The van der Waals surface area contributed by atoms with Gasteiger partial charge in [0.05, 0.1) is 42.3 Å². The van der Waals surface area contributed by atoms with Gasteiger partial charge >= 0.3 is 0 Å². The van der Waals surface area contributed by atoms with Crippen LogP contribution in [-0.4, -0.2) is 37.6 Å². The van der Waals surface area contributed by atoms with Gasteiger partial charge in [-0.3, -0.25) is 0 Å². The fraction of sp³-hybridized carbons (Fsp3) is 0.294. The van der Waals surface area contributed by atoms with Gasteiger partial charge in [-0.1, -0.05) is 121 Å². The molecule has 0 radical (unpaired) electrons. The van der Waals surface area contributed by atoms with Crippen LogP contribution in [-0.2, 0) is 50.1 Å². The van der Waals surface area contributed by atoms with Gasteiger partial charge in [0.1, 0.15) is 24.4 Å². The van der Waals surface area contributed by atoms with Crippen LogP contribution < -0.4 is 0 Å². The molecule has 0 amide bonds. The van der Waals surface area contributed by atoms with E-state index in [2.05, 4.69) is 0 Å². The van der Waals surface area contributed by atoms with Crippen molar-refractivity contribution in [3.8, 4) is 0 Å². The molecule has 202 valence electrons. The minimum atomic E-state index is -2.15. The lowest BCUT2D eigenvalue weighted by Crippen LogP contribution is -2.57. The SMILES string of the molecule is [2H]C1([2H])O[C@H](COCc2ccccc2)[C@@H](OCc2ccccc2)[C@H](OCc2ccccc2)[C@H]1OCc1ccccc1. The molecule has 4 aromatic carbocycles. The van der Waals surface area contributed by atoms with Crippen LogP contribution in [0.4, 0.5) is 0 Å². The molecule has 0 N–H and O–H groups in total. The molecule has 39 heavy (non-hydrogen) atoms. The zero-order valence-electron chi connectivity index (χ0n) is 23.9. The largest absolute Gasteiger partial charge is 0.374 e. The first-order valence-electron chi connectivity index (χ1n) is 14.3. The van der Waals surface area contributed by atoms with Crippen molar-refractivity contribution in [3.63, 3.8) is 0 Å². The summed E-state index contributed by atoms with van der Waals surface area (Å²) in [5.74, 6) is 0. The molecule has 0 saturated carbocycles. The Morgan fingerprint density at radius 3 is 1.44 bits per heavy atom. The highest BCUT2D eigenvalue weighted by molar-refractivity contribution is 5.16. The maximum atomic E-state index is 8.91. The molecule has 4 atom stereocenters. The summed E-state index contributed by atoms with van der Waals surface area (Å²) in [6.07, 6.45) is -3.19. The molecule has 1 saturated heterocycles. The summed E-state index contributed by atoms with van der Waals surface area (Å²) in [4.78, 5) is 0. The number of hydrogen-bond donors (Lipinski definition) is 0. The van der Waals surface area contributed by atoms with Crippen molar-refractivity contribution >= 4 is 0 Å². The Morgan fingerprint density at radius 1 is 0.538 bits per heavy atom. The smallest absolute Gasteiger partial charge is 0.115 e. The van der Waals surface area contributed by atoms with Gasteiger partial charge in [-0.05, 0) is 22.3 Å². The van der Waals surface area contributed by atoms with E-state index >= 15 is 0 Å². The fourth-order valence-corrected chi connectivity index (χ4v) is 4.48. The predicted octanol–water partition coefficient (Wildman–Crippen LogP) is 6.36. The van der Waals surface area contributed by atoms with Crippen LogP contribution in [0, 0.1) is 0 Å². The Morgan fingerprint density at radius 2 is 0.949 bits per heavy atom. The fourth-order valence-electron chi connectivity index (χ4n) is 4.48. The predicted molar refractivity (Wildman–Crippen MR) is 151 cm³/mol. The minimum absolute atomic E-state index is 0.129. The van der Waals surface area contributed by atoms with E-state index in [9.17, 15) is 0 Å². The second-order valence-electron chi connectivity index (χ2n) is 9.51. The highest BCUT2D eigenvalue weighted by Gasteiger charge is 2.43. The second kappa shape index (κ2) is 14.7. The monoisotopic (exact) mass is 526 g/mol. The molecule has 1 aliphatic rings. The lowest BCUT2D eigenvalue weighted by Gasteiger charge is -2.42. The first-order chi connectivity index (χ1) is 20.1. The Labute approximate surface area is 234 Å². The molecule has 4 aromatic rings. The van der Waals surface area contributed by atoms with Crippen molar-refractivity contribution in [1.82, 2.24) is 0 Å². The maximum absolute atomic E-state index is 8.91. The molecular formula is C34H36O5. The number of ether oxygens (including phenoxy) is 5. The van der Waals surface area contributed by atoms with E-state index in [0.717, 1.165) is 22.3 Å². The zero-order valence-corrected chi connectivity index (χ0v) is 21.9. The Kier molecular flexibility index (Phi) is 9.33. The third-order valence-electron chi connectivity index (χ3n) is 6.56. The van der Waals surface area contributed by atoms with Gasteiger partial charge in [0.2, 0.25) is 0 Å². The van der Waals surface area contributed by atoms with E-state index < -0.39 is 31.0 Å². The highest BCUT2D eigenvalue weighted by Crippen LogP contribution is 2.27. The molecule has 5 heteroatoms. The molecular weight excluding hydrogens is 488 g/mol. The first kappa shape index (κ1) is 24.7. The van der Waals surface area contributed by atoms with Crippen molar-refractivity contribution in [3.05, 3.63) is 144 Å². The van der Waals surface area contributed by atoms with Crippen LogP contribution in [0.25, 0.3) is 0 Å². The summed E-state index contributed by atoms with van der Waals surface area (Å²) >= 11 is 0. The summed E-state index contributed by atoms with van der Waals surface area (Å²) in [5.41, 5.74) is 3.92. The van der Waals surface area contributed by atoms with Crippen LogP contribution in [0.3, 0.4) is 0 Å². The molecule has 5 nitrogen and oxygen atoms in total. The van der Waals surface area contributed by atoms with Gasteiger partial charge in [0.15, 0.2) is 0 Å². The Bertz CT molecular complexity index is 1290. The average molecular weight is 527 g/mol. The van der Waals surface area contributed by atoms with Crippen molar-refractivity contribution < 1.29 is 26.4 Å². The minimum Gasteiger partial charge on any atom is -0.374 e. The molecule has 1 aliphatic heterocycles. The van der Waals surface area contributed by atoms with Crippen molar-refractivity contribution in [2.45, 2.75) is 50.8 Å². The molecule has 0 spiro atoms. The van der Waals surface area contributed by atoms with E-state index in [0.29, 0.717) is 13.2 Å². The normalized spacial score (nSPS) is 23.1. The van der Waals surface area contributed by atoms with E-state index in [1.165, 1.54) is 0 Å². The van der Waals surface area contributed by atoms with Gasteiger partial charge in [0, 0.05) is 0 Å². The van der Waals surface area contributed by atoms with E-state index in [1.807, 2.05) is 121 Å². The zero-order chi connectivity index (χ0) is 28.3. The summed E-state index contributed by atoms with van der Waals surface area (Å²) in [6.45, 7) is -0.855. The number of benzene rings is 4. The van der Waals surface area contributed by atoms with Gasteiger partial charge in [-0.15, -0.1) is 0 Å². The highest BCUT2D eigenvalue weighted by atomic mass is 16.6. The molecule has 5 rings (SSSR count). The number of rotatable bonds is 13. The average Bonchev–Trinajstić information content (AvgIpc) is 3.01. The summed E-state index contributed by atoms with van der Waals surface area (Å²) < 4.78 is 49.1. The van der Waals surface area contributed by atoms with E-state index in [4.69, 9.17) is 26.4 Å². The van der Waals surface area contributed by atoms with Crippen LogP contribution >= 0.6 is 0 Å². The van der Waals surface area contributed by atoms with Crippen molar-refractivity contribution in [2.75, 3.05) is 13.2 Å². The second-order valence-corrected chi connectivity index (χ2v) is 9.51. The Balaban J connectivity index is 1.39. The third-order valence-corrected chi connectivity index (χ3v) is 6.56. The standard InChI is InChI=1S/C34H36O5/c1-5-13-27(14-6-1)21-35-25-31-33(38-23-29-17-9-3-10-18-29)34(39-24-30-19-11-4-12-20-30)32(26-37-31)36-22-28-15-7-2-8-16-28/h1-20,31-34H,21-26H2/t31-,32+,33-,34-/m1/s1/i26D2. The summed E-state index contributed by atoms with van der Waals surface area (Å²) in [6, 6.07) is 39.2. The van der Waals surface area contributed by atoms with Gasteiger partial charge in [-0.2, -0.15) is 0 Å².